The van der Waals surface area contributed by atoms with Gasteiger partial charge in [0.2, 0.25) is 10.0 Å². The molecule has 20 heavy (non-hydrogen) atoms. The number of aryl methyl sites for hydroxylation is 2. The molecule has 0 aliphatic heterocycles. The van der Waals surface area contributed by atoms with Crippen LogP contribution in [0.1, 0.15) is 12.1 Å². The molecular formula is C11H17N5O3S. The van der Waals surface area contributed by atoms with Crippen molar-refractivity contribution in [2.75, 3.05) is 6.61 Å². The lowest BCUT2D eigenvalue weighted by atomic mass is 10.4. The Hall–Kier alpha value is -1.71. The average Bonchev–Trinajstić information content (AvgIpc) is 3.03. The number of hydrogen-bond donors (Lipinski definition) is 2. The van der Waals surface area contributed by atoms with Crippen molar-refractivity contribution in [3.8, 4) is 0 Å². The van der Waals surface area contributed by atoms with Gasteiger partial charge in [-0.1, -0.05) is 0 Å². The van der Waals surface area contributed by atoms with Crippen molar-refractivity contribution in [2.24, 2.45) is 7.05 Å². The first-order valence-electron chi connectivity index (χ1n) is 6.13. The molecule has 0 amide bonds. The predicted octanol–water partition coefficient (Wildman–Crippen LogP) is -0.522. The van der Waals surface area contributed by atoms with Gasteiger partial charge in [0.15, 0.2) is 0 Å². The molecule has 0 fully saturated rings. The van der Waals surface area contributed by atoms with Crippen LogP contribution in [0.2, 0.25) is 0 Å². The zero-order chi connectivity index (χ0) is 14.6. The second-order valence-electron chi connectivity index (χ2n) is 4.29. The van der Waals surface area contributed by atoms with Crippen LogP contribution < -0.4 is 4.72 Å². The van der Waals surface area contributed by atoms with Crippen LogP contribution in [-0.2, 0) is 30.2 Å². The Morgan fingerprint density at radius 2 is 2.20 bits per heavy atom. The van der Waals surface area contributed by atoms with E-state index in [-0.39, 0.29) is 18.0 Å². The van der Waals surface area contributed by atoms with E-state index in [0.29, 0.717) is 13.0 Å². The Balaban J connectivity index is 2.03. The Labute approximate surface area is 117 Å². The van der Waals surface area contributed by atoms with E-state index in [9.17, 15) is 8.42 Å². The second-order valence-corrected chi connectivity index (χ2v) is 6.05. The molecule has 0 atom stereocenters. The van der Waals surface area contributed by atoms with Crippen LogP contribution in [0.25, 0.3) is 0 Å². The van der Waals surface area contributed by atoms with Crippen molar-refractivity contribution in [3.63, 3.8) is 0 Å². The van der Waals surface area contributed by atoms with E-state index in [1.54, 1.807) is 24.0 Å². The molecule has 0 saturated carbocycles. The number of aromatic nitrogens is 4. The number of nitrogens with zero attached hydrogens (tertiary/aromatic N) is 4. The minimum Gasteiger partial charge on any atom is -0.396 e. The molecule has 2 heterocycles. The maximum absolute atomic E-state index is 12.1. The lowest BCUT2D eigenvalue weighted by Crippen LogP contribution is -2.24. The first-order chi connectivity index (χ1) is 9.53. The quantitative estimate of drug-likeness (QED) is 0.716. The molecule has 0 bridgehead atoms. The van der Waals surface area contributed by atoms with Gasteiger partial charge in [-0.05, 0) is 12.5 Å². The van der Waals surface area contributed by atoms with Gasteiger partial charge in [-0.15, -0.1) is 0 Å². The van der Waals surface area contributed by atoms with E-state index in [0.717, 1.165) is 5.69 Å². The van der Waals surface area contributed by atoms with Crippen molar-refractivity contribution in [1.29, 1.82) is 0 Å². The van der Waals surface area contributed by atoms with Crippen LogP contribution in [0, 0.1) is 0 Å². The summed E-state index contributed by atoms with van der Waals surface area (Å²) >= 11 is 0. The molecule has 0 unspecified atom stereocenters. The highest BCUT2D eigenvalue weighted by Crippen LogP contribution is 2.08. The minimum absolute atomic E-state index is 0.0423. The van der Waals surface area contributed by atoms with Crippen LogP contribution in [0.5, 0.6) is 0 Å². The van der Waals surface area contributed by atoms with Gasteiger partial charge in [0, 0.05) is 32.6 Å². The summed E-state index contributed by atoms with van der Waals surface area (Å²) in [4.78, 5) is 0.109. The van der Waals surface area contributed by atoms with Crippen LogP contribution in [0.4, 0.5) is 0 Å². The molecule has 0 spiro atoms. The molecule has 9 heteroatoms. The summed E-state index contributed by atoms with van der Waals surface area (Å²) < 4.78 is 29.8. The van der Waals surface area contributed by atoms with Gasteiger partial charge in [0.25, 0.3) is 0 Å². The lowest BCUT2D eigenvalue weighted by Gasteiger charge is -2.05. The van der Waals surface area contributed by atoms with E-state index in [2.05, 4.69) is 14.9 Å². The third kappa shape index (κ3) is 3.44. The first kappa shape index (κ1) is 14.7. The van der Waals surface area contributed by atoms with E-state index in [4.69, 9.17) is 5.11 Å². The Kier molecular flexibility index (Phi) is 4.53. The van der Waals surface area contributed by atoms with Crippen molar-refractivity contribution in [1.82, 2.24) is 24.3 Å². The van der Waals surface area contributed by atoms with Crippen molar-refractivity contribution in [3.05, 3.63) is 30.4 Å². The largest absolute Gasteiger partial charge is 0.396 e. The average molecular weight is 299 g/mol. The van der Waals surface area contributed by atoms with Crippen LogP contribution in [0.3, 0.4) is 0 Å². The molecule has 0 aromatic carbocycles. The fourth-order valence-corrected chi connectivity index (χ4v) is 2.62. The fraction of sp³-hybridized carbons (Fsp3) is 0.455. The molecular weight excluding hydrogens is 282 g/mol. The zero-order valence-corrected chi connectivity index (χ0v) is 11.9. The van der Waals surface area contributed by atoms with Gasteiger partial charge in [-0.2, -0.15) is 10.2 Å². The van der Waals surface area contributed by atoms with Gasteiger partial charge in [-0.25, -0.2) is 13.1 Å². The monoisotopic (exact) mass is 299 g/mol. The third-order valence-corrected chi connectivity index (χ3v) is 4.19. The van der Waals surface area contributed by atoms with Crippen molar-refractivity contribution in [2.45, 2.75) is 24.4 Å². The lowest BCUT2D eigenvalue weighted by molar-refractivity contribution is 0.277. The summed E-state index contributed by atoms with van der Waals surface area (Å²) in [5.74, 6) is 0. The molecule has 110 valence electrons. The number of nitrogens with one attached hydrogen (secondary N) is 1. The maximum atomic E-state index is 12.1. The molecule has 2 aromatic rings. The number of aliphatic hydroxyl groups excluding tert-OH is 1. The van der Waals surface area contributed by atoms with E-state index in [1.807, 2.05) is 0 Å². The highest BCUT2D eigenvalue weighted by Gasteiger charge is 2.16. The normalized spacial score (nSPS) is 11.9. The van der Waals surface area contributed by atoms with Gasteiger partial charge in [0.1, 0.15) is 4.90 Å². The number of hydrogen-bond acceptors (Lipinski definition) is 5. The summed E-state index contributed by atoms with van der Waals surface area (Å²) in [6, 6.07) is 1.74. The van der Waals surface area contributed by atoms with Crippen LogP contribution >= 0.6 is 0 Å². The highest BCUT2D eigenvalue weighted by molar-refractivity contribution is 7.89. The number of aliphatic hydroxyl groups is 1. The SMILES string of the molecule is Cn1nccc1CNS(=O)(=O)c1cnn(CCCO)c1. The Bertz CT molecular complexity index is 661. The van der Waals surface area contributed by atoms with Crippen LogP contribution in [-0.4, -0.2) is 39.7 Å². The summed E-state index contributed by atoms with van der Waals surface area (Å²) in [5.41, 5.74) is 0.765. The molecule has 2 aromatic heterocycles. The van der Waals surface area contributed by atoms with E-state index < -0.39 is 10.0 Å². The number of rotatable bonds is 7. The Morgan fingerprint density at radius 3 is 2.85 bits per heavy atom. The predicted molar refractivity (Wildman–Crippen MR) is 71.2 cm³/mol. The van der Waals surface area contributed by atoms with Crippen molar-refractivity contribution < 1.29 is 13.5 Å². The number of sulfonamides is 1. The van der Waals surface area contributed by atoms with E-state index in [1.165, 1.54) is 17.1 Å². The standard InChI is InChI=1S/C11H17N5O3S/c1-15-10(3-4-12-15)7-14-20(18,19)11-8-13-16(9-11)5-2-6-17/h3-4,8-9,14,17H,2,5-7H2,1H3. The summed E-state index contributed by atoms with van der Waals surface area (Å²) in [7, 11) is -1.85. The molecule has 0 saturated heterocycles. The van der Waals surface area contributed by atoms with E-state index >= 15 is 0 Å². The molecule has 0 aliphatic carbocycles. The molecule has 2 rings (SSSR count). The van der Waals surface area contributed by atoms with Gasteiger partial charge >= 0.3 is 0 Å². The molecule has 0 aliphatic rings. The van der Waals surface area contributed by atoms with Gasteiger partial charge < -0.3 is 5.11 Å². The Morgan fingerprint density at radius 1 is 1.40 bits per heavy atom. The molecule has 0 radical (unpaired) electrons. The summed E-state index contributed by atoms with van der Waals surface area (Å²) in [6.07, 6.45) is 4.88. The summed E-state index contributed by atoms with van der Waals surface area (Å²) in [6.45, 7) is 0.690. The van der Waals surface area contributed by atoms with Crippen LogP contribution in [0.15, 0.2) is 29.6 Å². The third-order valence-electron chi connectivity index (χ3n) is 2.83. The van der Waals surface area contributed by atoms with Gasteiger partial charge in [0.05, 0.1) is 18.4 Å². The zero-order valence-electron chi connectivity index (χ0n) is 11.1. The summed E-state index contributed by atoms with van der Waals surface area (Å²) in [5, 5.41) is 16.7. The second kappa shape index (κ2) is 6.16. The first-order valence-corrected chi connectivity index (χ1v) is 7.61. The van der Waals surface area contributed by atoms with Gasteiger partial charge in [-0.3, -0.25) is 9.36 Å². The van der Waals surface area contributed by atoms with Crippen molar-refractivity contribution >= 4 is 10.0 Å². The molecule has 2 N–H and O–H groups in total. The topological polar surface area (TPSA) is 102 Å². The minimum atomic E-state index is -3.59. The maximum Gasteiger partial charge on any atom is 0.244 e. The molecule has 8 nitrogen and oxygen atoms in total. The smallest absolute Gasteiger partial charge is 0.244 e. The fourth-order valence-electron chi connectivity index (χ4n) is 1.67. The highest BCUT2D eigenvalue weighted by atomic mass is 32.2.